The Balaban J connectivity index is 1.64. The maximum Gasteiger partial charge on any atom is 0.336 e. The van der Waals surface area contributed by atoms with Crippen molar-refractivity contribution in [2.45, 2.75) is 43.1 Å². The number of aromatic nitrogens is 3. The Morgan fingerprint density at radius 3 is 2.88 bits per heavy atom. The van der Waals surface area contributed by atoms with Crippen molar-refractivity contribution in [3.05, 3.63) is 46.1 Å². The van der Waals surface area contributed by atoms with Gasteiger partial charge in [-0.05, 0) is 37.5 Å². The van der Waals surface area contributed by atoms with Gasteiger partial charge < -0.3 is 13.7 Å². The predicted molar refractivity (Wildman–Crippen MR) is 96.3 cm³/mol. The fourth-order valence-electron chi connectivity index (χ4n) is 2.95. The van der Waals surface area contributed by atoms with Crippen LogP contribution in [0.25, 0.3) is 11.0 Å². The molecule has 130 valence electrons. The lowest BCUT2D eigenvalue weighted by molar-refractivity contribution is 0.414. The van der Waals surface area contributed by atoms with Gasteiger partial charge in [-0.1, -0.05) is 11.8 Å². The maximum atomic E-state index is 11.9. The summed E-state index contributed by atoms with van der Waals surface area (Å²) < 4.78 is 12.7. The molecule has 3 aromatic rings. The Morgan fingerprint density at radius 1 is 1.32 bits per heavy atom. The van der Waals surface area contributed by atoms with Crippen LogP contribution in [0.2, 0.25) is 0 Å². The standard InChI is InChI=1S/C18H19N3O3S/c1-3-21-17(11-4-5-11)19-20-18(21)25-10-12-8-16(22)24-15-9-13(23-2)6-7-14(12)15/h6-9,11H,3-5,10H2,1-2H3. The van der Waals surface area contributed by atoms with E-state index >= 15 is 0 Å². The van der Waals surface area contributed by atoms with Crippen LogP contribution in [0.15, 0.2) is 38.6 Å². The van der Waals surface area contributed by atoms with Gasteiger partial charge >= 0.3 is 5.63 Å². The lowest BCUT2D eigenvalue weighted by Crippen LogP contribution is -2.03. The minimum atomic E-state index is -0.355. The highest BCUT2D eigenvalue weighted by molar-refractivity contribution is 7.98. The molecule has 0 amide bonds. The van der Waals surface area contributed by atoms with Crippen LogP contribution in [0, 0.1) is 0 Å². The van der Waals surface area contributed by atoms with E-state index in [2.05, 4.69) is 21.7 Å². The first kappa shape index (κ1) is 16.2. The van der Waals surface area contributed by atoms with Crippen molar-refractivity contribution in [2.24, 2.45) is 0 Å². The van der Waals surface area contributed by atoms with Gasteiger partial charge in [0.1, 0.15) is 17.2 Å². The number of methoxy groups -OCH3 is 1. The van der Waals surface area contributed by atoms with Crippen LogP contribution in [0.1, 0.15) is 37.1 Å². The molecule has 1 aromatic carbocycles. The van der Waals surface area contributed by atoms with Gasteiger partial charge in [0.05, 0.1) is 7.11 Å². The zero-order chi connectivity index (χ0) is 17.4. The second-order valence-electron chi connectivity index (χ2n) is 6.10. The normalized spacial score (nSPS) is 14.2. The first-order valence-electron chi connectivity index (χ1n) is 8.36. The molecule has 2 aromatic heterocycles. The van der Waals surface area contributed by atoms with Gasteiger partial charge in [-0.2, -0.15) is 0 Å². The van der Waals surface area contributed by atoms with Crippen LogP contribution in [0.3, 0.4) is 0 Å². The third-order valence-corrected chi connectivity index (χ3v) is 5.41. The van der Waals surface area contributed by atoms with E-state index < -0.39 is 0 Å². The number of thioether (sulfide) groups is 1. The molecule has 1 fully saturated rings. The average molecular weight is 357 g/mol. The molecule has 0 atom stereocenters. The molecular formula is C18H19N3O3S. The molecule has 2 heterocycles. The maximum absolute atomic E-state index is 11.9. The van der Waals surface area contributed by atoms with Gasteiger partial charge in [0.15, 0.2) is 5.16 Å². The van der Waals surface area contributed by atoms with Crippen molar-refractivity contribution in [2.75, 3.05) is 7.11 Å². The van der Waals surface area contributed by atoms with Crippen LogP contribution >= 0.6 is 11.8 Å². The van der Waals surface area contributed by atoms with Crippen LogP contribution in [-0.2, 0) is 12.3 Å². The number of benzene rings is 1. The summed E-state index contributed by atoms with van der Waals surface area (Å²) in [4.78, 5) is 11.9. The van der Waals surface area contributed by atoms with Crippen molar-refractivity contribution in [3.8, 4) is 5.75 Å². The smallest absolute Gasteiger partial charge is 0.336 e. The molecule has 6 nitrogen and oxygen atoms in total. The second kappa shape index (κ2) is 6.55. The van der Waals surface area contributed by atoms with Crippen molar-refractivity contribution in [3.63, 3.8) is 0 Å². The molecule has 0 saturated heterocycles. The highest BCUT2D eigenvalue weighted by Gasteiger charge is 2.30. The van der Waals surface area contributed by atoms with Crippen LogP contribution in [0.5, 0.6) is 5.75 Å². The number of nitrogens with zero attached hydrogens (tertiary/aromatic N) is 3. The lowest BCUT2D eigenvalue weighted by Gasteiger charge is -2.08. The quantitative estimate of drug-likeness (QED) is 0.496. The predicted octanol–water partition coefficient (Wildman–Crippen LogP) is 3.58. The molecule has 0 radical (unpaired) electrons. The summed E-state index contributed by atoms with van der Waals surface area (Å²) in [6.07, 6.45) is 2.41. The molecule has 0 N–H and O–H groups in total. The molecule has 0 unspecified atom stereocenters. The van der Waals surface area contributed by atoms with Crippen molar-refractivity contribution in [1.29, 1.82) is 0 Å². The molecule has 25 heavy (non-hydrogen) atoms. The van der Waals surface area contributed by atoms with Crippen LogP contribution in [0.4, 0.5) is 0 Å². The summed E-state index contributed by atoms with van der Waals surface area (Å²) >= 11 is 1.60. The molecule has 4 rings (SSSR count). The first-order valence-corrected chi connectivity index (χ1v) is 9.35. The van der Waals surface area contributed by atoms with Gasteiger partial charge in [0.25, 0.3) is 0 Å². The Labute approximate surface area is 149 Å². The highest BCUT2D eigenvalue weighted by atomic mass is 32.2. The fraction of sp³-hybridized carbons (Fsp3) is 0.389. The average Bonchev–Trinajstić information content (AvgIpc) is 3.38. The van der Waals surface area contributed by atoms with Gasteiger partial charge in [-0.15, -0.1) is 10.2 Å². The highest BCUT2D eigenvalue weighted by Crippen LogP contribution is 2.40. The zero-order valence-electron chi connectivity index (χ0n) is 14.2. The molecule has 7 heteroatoms. The zero-order valence-corrected chi connectivity index (χ0v) is 15.0. The van der Waals surface area contributed by atoms with Crippen molar-refractivity contribution >= 4 is 22.7 Å². The number of ether oxygens (including phenoxy) is 1. The number of rotatable bonds is 6. The van der Waals surface area contributed by atoms with Gasteiger partial charge in [0, 0.05) is 35.7 Å². The largest absolute Gasteiger partial charge is 0.497 e. The summed E-state index contributed by atoms with van der Waals surface area (Å²) in [7, 11) is 1.59. The molecule has 0 spiro atoms. The number of hydrogen-bond donors (Lipinski definition) is 0. The third-order valence-electron chi connectivity index (χ3n) is 4.40. The Kier molecular flexibility index (Phi) is 4.25. The second-order valence-corrected chi connectivity index (χ2v) is 7.04. The van der Waals surface area contributed by atoms with E-state index in [1.54, 1.807) is 31.0 Å². The Morgan fingerprint density at radius 2 is 2.16 bits per heavy atom. The summed E-state index contributed by atoms with van der Waals surface area (Å²) in [5.41, 5.74) is 1.11. The monoisotopic (exact) mass is 357 g/mol. The van der Waals surface area contributed by atoms with Crippen LogP contribution in [-0.4, -0.2) is 21.9 Å². The summed E-state index contributed by atoms with van der Waals surface area (Å²) in [5.74, 6) is 2.96. The van der Waals surface area contributed by atoms with E-state index in [1.165, 1.54) is 12.8 Å². The third kappa shape index (κ3) is 3.16. The Hall–Kier alpha value is -2.28. The summed E-state index contributed by atoms with van der Waals surface area (Å²) in [6, 6.07) is 7.09. The minimum Gasteiger partial charge on any atom is -0.497 e. The van der Waals surface area contributed by atoms with E-state index in [0.29, 0.717) is 23.0 Å². The van der Waals surface area contributed by atoms with Crippen molar-refractivity contribution < 1.29 is 9.15 Å². The Bertz CT molecular complexity index is 975. The van der Waals surface area contributed by atoms with E-state index in [0.717, 1.165) is 28.5 Å². The molecule has 1 saturated carbocycles. The topological polar surface area (TPSA) is 70.2 Å². The fourth-order valence-corrected chi connectivity index (χ4v) is 3.95. The molecule has 1 aliphatic carbocycles. The summed E-state index contributed by atoms with van der Waals surface area (Å²) in [6.45, 7) is 2.97. The van der Waals surface area contributed by atoms with E-state index in [9.17, 15) is 4.79 Å². The molecule has 0 aliphatic heterocycles. The minimum absolute atomic E-state index is 0.355. The number of fused-ring (bicyclic) bond motifs is 1. The van der Waals surface area contributed by atoms with Gasteiger partial charge in [-0.25, -0.2) is 4.79 Å². The van der Waals surface area contributed by atoms with Crippen LogP contribution < -0.4 is 10.4 Å². The van der Waals surface area contributed by atoms with E-state index in [-0.39, 0.29) is 5.63 Å². The van der Waals surface area contributed by atoms with Crippen molar-refractivity contribution in [1.82, 2.24) is 14.8 Å². The first-order chi connectivity index (χ1) is 12.2. The van der Waals surface area contributed by atoms with Gasteiger partial charge in [-0.3, -0.25) is 0 Å². The molecule has 0 bridgehead atoms. The SMILES string of the molecule is CCn1c(SCc2cc(=O)oc3cc(OC)ccc23)nnc1C1CC1. The van der Waals surface area contributed by atoms with Gasteiger partial charge in [0.2, 0.25) is 0 Å². The molecular weight excluding hydrogens is 338 g/mol. The molecule has 1 aliphatic rings. The summed E-state index contributed by atoms with van der Waals surface area (Å²) in [5, 5.41) is 10.5. The lowest BCUT2D eigenvalue weighted by atomic mass is 10.1. The number of hydrogen-bond acceptors (Lipinski definition) is 6. The van der Waals surface area contributed by atoms with E-state index in [1.807, 2.05) is 12.1 Å². The van der Waals surface area contributed by atoms with E-state index in [4.69, 9.17) is 9.15 Å².